The average molecular weight is 396 g/mol. The number of benzene rings is 1. The van der Waals surface area contributed by atoms with Gasteiger partial charge in [-0.15, -0.1) is 0 Å². The number of hydrogen-bond donors (Lipinski definition) is 1. The first-order valence-electron chi connectivity index (χ1n) is 9.49. The molecular weight excluding hydrogens is 362 g/mol. The van der Waals surface area contributed by atoms with Crippen molar-refractivity contribution in [3.63, 3.8) is 0 Å². The topological polar surface area (TPSA) is 83.7 Å². The van der Waals surface area contributed by atoms with Crippen LogP contribution in [0.5, 0.6) is 0 Å². The molecule has 0 spiro atoms. The number of rotatable bonds is 4. The maximum Gasteiger partial charge on any atom is 0.243 e. The lowest BCUT2D eigenvalue weighted by Crippen LogP contribution is -2.51. The zero-order valence-corrected chi connectivity index (χ0v) is 18.2. The second-order valence-electron chi connectivity index (χ2n) is 8.66. The van der Waals surface area contributed by atoms with E-state index in [4.69, 9.17) is 5.73 Å². The summed E-state index contributed by atoms with van der Waals surface area (Å²) < 4.78 is 28.0. The Balaban J connectivity index is 2.22. The molecule has 0 bridgehead atoms. The Morgan fingerprint density at radius 1 is 1.11 bits per heavy atom. The van der Waals surface area contributed by atoms with E-state index < -0.39 is 10.0 Å². The Morgan fingerprint density at radius 3 is 2.00 bits per heavy atom. The van der Waals surface area contributed by atoms with Crippen molar-refractivity contribution in [2.24, 2.45) is 5.73 Å². The number of nitrogens with zero attached hydrogens (tertiary/aromatic N) is 2. The average Bonchev–Trinajstić information content (AvgIpc) is 2.52. The minimum absolute atomic E-state index is 0.0102. The molecule has 0 aliphatic carbocycles. The summed E-state index contributed by atoms with van der Waals surface area (Å²) >= 11 is 0. The van der Waals surface area contributed by atoms with Crippen molar-refractivity contribution >= 4 is 15.9 Å². The fraction of sp³-hybridized carbons (Fsp3) is 0.650. The maximum absolute atomic E-state index is 13.2. The van der Waals surface area contributed by atoms with Gasteiger partial charge in [0.25, 0.3) is 0 Å². The molecule has 1 aromatic rings. The van der Waals surface area contributed by atoms with Crippen molar-refractivity contribution < 1.29 is 13.2 Å². The van der Waals surface area contributed by atoms with Crippen LogP contribution < -0.4 is 5.73 Å². The highest BCUT2D eigenvalue weighted by Gasteiger charge is 2.32. The van der Waals surface area contributed by atoms with Crippen LogP contribution in [0.1, 0.15) is 50.8 Å². The van der Waals surface area contributed by atoms with Crippen molar-refractivity contribution in [2.75, 3.05) is 26.2 Å². The summed E-state index contributed by atoms with van der Waals surface area (Å²) in [6.45, 7) is 13.3. The van der Waals surface area contributed by atoms with Gasteiger partial charge < -0.3 is 10.6 Å². The second-order valence-corrected chi connectivity index (χ2v) is 10.5. The molecule has 1 aliphatic rings. The zero-order valence-electron chi connectivity index (χ0n) is 17.4. The number of aryl methyl sites for hydroxylation is 2. The van der Waals surface area contributed by atoms with Crippen LogP contribution in [0.15, 0.2) is 17.0 Å². The Bertz CT molecular complexity index is 779. The van der Waals surface area contributed by atoms with Crippen LogP contribution in [0.25, 0.3) is 0 Å². The van der Waals surface area contributed by atoms with Crippen LogP contribution in [-0.2, 0) is 20.2 Å². The third kappa shape index (κ3) is 4.89. The lowest BCUT2D eigenvalue weighted by molar-refractivity contribution is -0.132. The molecule has 0 saturated carbocycles. The quantitative estimate of drug-likeness (QED) is 0.847. The summed E-state index contributed by atoms with van der Waals surface area (Å²) in [4.78, 5) is 14.3. The fourth-order valence-electron chi connectivity index (χ4n) is 3.50. The zero-order chi connectivity index (χ0) is 20.6. The van der Waals surface area contributed by atoms with E-state index >= 15 is 0 Å². The largest absolute Gasteiger partial charge is 0.340 e. The monoisotopic (exact) mass is 395 g/mol. The standard InChI is InChI=1S/C20H33N3O3S/c1-14-11-17(20(4,5)6)12-15(2)19(14)27(25,26)23-9-7-22(8-10-23)18(24)13-16(3)21/h11-12,16H,7-10,13,21H2,1-6H3. The highest BCUT2D eigenvalue weighted by molar-refractivity contribution is 7.89. The molecule has 6 nitrogen and oxygen atoms in total. The number of piperazine rings is 1. The molecule has 1 heterocycles. The van der Waals surface area contributed by atoms with Crippen LogP contribution in [0.4, 0.5) is 0 Å². The Kier molecular flexibility index (Phi) is 6.39. The van der Waals surface area contributed by atoms with E-state index in [0.717, 1.165) is 16.7 Å². The smallest absolute Gasteiger partial charge is 0.243 e. The van der Waals surface area contributed by atoms with Gasteiger partial charge in [-0.2, -0.15) is 4.31 Å². The lowest BCUT2D eigenvalue weighted by Gasteiger charge is -2.35. The number of hydrogen-bond acceptors (Lipinski definition) is 4. The summed E-state index contributed by atoms with van der Waals surface area (Å²) in [6, 6.07) is 3.76. The van der Waals surface area contributed by atoms with Gasteiger partial charge in [0.05, 0.1) is 4.90 Å². The molecule has 1 unspecified atom stereocenters. The molecule has 27 heavy (non-hydrogen) atoms. The van der Waals surface area contributed by atoms with Crippen LogP contribution in [0.2, 0.25) is 0 Å². The summed E-state index contributed by atoms with van der Waals surface area (Å²) in [5.74, 6) is -0.0102. The Morgan fingerprint density at radius 2 is 1.59 bits per heavy atom. The summed E-state index contributed by atoms with van der Waals surface area (Å²) in [7, 11) is -3.59. The molecule has 1 aliphatic heterocycles. The molecule has 1 aromatic carbocycles. The van der Waals surface area contributed by atoms with E-state index in [9.17, 15) is 13.2 Å². The van der Waals surface area contributed by atoms with E-state index in [2.05, 4.69) is 20.8 Å². The third-order valence-corrected chi connectivity index (χ3v) is 7.22. The van der Waals surface area contributed by atoms with Crippen molar-refractivity contribution in [1.29, 1.82) is 0 Å². The molecule has 0 radical (unpaired) electrons. The van der Waals surface area contributed by atoms with E-state index in [1.807, 2.05) is 26.0 Å². The van der Waals surface area contributed by atoms with Gasteiger partial charge in [0.2, 0.25) is 15.9 Å². The van der Waals surface area contributed by atoms with Gasteiger partial charge in [-0.1, -0.05) is 32.9 Å². The summed E-state index contributed by atoms with van der Waals surface area (Å²) in [6.07, 6.45) is 0.291. The Labute approximate surface area is 163 Å². The SMILES string of the molecule is Cc1cc(C(C)(C)C)cc(C)c1S(=O)(=O)N1CCN(C(=O)CC(C)N)CC1. The highest BCUT2D eigenvalue weighted by Crippen LogP contribution is 2.31. The first-order valence-corrected chi connectivity index (χ1v) is 10.9. The van der Waals surface area contributed by atoms with Gasteiger partial charge in [0.1, 0.15) is 0 Å². The number of amides is 1. The van der Waals surface area contributed by atoms with Crippen molar-refractivity contribution in [1.82, 2.24) is 9.21 Å². The first-order chi connectivity index (χ1) is 12.3. The van der Waals surface area contributed by atoms with E-state index in [1.165, 1.54) is 4.31 Å². The molecule has 2 rings (SSSR count). The molecule has 1 saturated heterocycles. The molecule has 1 fully saturated rings. The van der Waals surface area contributed by atoms with E-state index in [1.54, 1.807) is 11.8 Å². The number of sulfonamides is 1. The fourth-order valence-corrected chi connectivity index (χ4v) is 5.34. The van der Waals surface area contributed by atoms with Gasteiger partial charge in [-0.3, -0.25) is 4.79 Å². The highest BCUT2D eigenvalue weighted by atomic mass is 32.2. The summed E-state index contributed by atoms with van der Waals surface area (Å²) in [5.41, 5.74) is 8.33. The maximum atomic E-state index is 13.2. The van der Waals surface area contributed by atoms with Crippen molar-refractivity contribution in [3.8, 4) is 0 Å². The lowest BCUT2D eigenvalue weighted by atomic mass is 9.85. The summed E-state index contributed by atoms with van der Waals surface area (Å²) in [5, 5.41) is 0. The molecule has 1 amide bonds. The predicted octanol–water partition coefficient (Wildman–Crippen LogP) is 2.17. The molecule has 7 heteroatoms. The minimum Gasteiger partial charge on any atom is -0.340 e. The van der Waals surface area contributed by atoms with Crippen LogP contribution >= 0.6 is 0 Å². The van der Waals surface area contributed by atoms with Crippen molar-refractivity contribution in [2.45, 2.75) is 64.3 Å². The number of nitrogens with two attached hydrogens (primary N) is 1. The normalized spacial score (nSPS) is 17.8. The van der Waals surface area contributed by atoms with Crippen LogP contribution in [0, 0.1) is 13.8 Å². The Hall–Kier alpha value is -1.44. The van der Waals surface area contributed by atoms with Gasteiger partial charge >= 0.3 is 0 Å². The van der Waals surface area contributed by atoms with Gasteiger partial charge in [-0.25, -0.2) is 8.42 Å². The number of carbonyl (C=O) groups is 1. The van der Waals surface area contributed by atoms with Gasteiger partial charge in [0.15, 0.2) is 0 Å². The van der Waals surface area contributed by atoms with E-state index in [0.29, 0.717) is 37.5 Å². The molecular formula is C20H33N3O3S. The molecule has 1 atom stereocenters. The predicted molar refractivity (Wildman–Crippen MR) is 108 cm³/mol. The van der Waals surface area contributed by atoms with Gasteiger partial charge in [-0.05, 0) is 42.9 Å². The van der Waals surface area contributed by atoms with E-state index in [-0.39, 0.29) is 17.4 Å². The molecule has 0 aromatic heterocycles. The second kappa shape index (κ2) is 7.89. The van der Waals surface area contributed by atoms with Crippen molar-refractivity contribution in [3.05, 3.63) is 28.8 Å². The first kappa shape index (κ1) is 21.9. The molecule has 2 N–H and O–H groups in total. The third-order valence-electron chi connectivity index (χ3n) is 5.01. The minimum atomic E-state index is -3.59. The van der Waals surface area contributed by atoms with Crippen LogP contribution in [0.3, 0.4) is 0 Å². The van der Waals surface area contributed by atoms with Gasteiger partial charge in [0, 0.05) is 38.6 Å². The molecule has 152 valence electrons. The van der Waals surface area contributed by atoms with Crippen LogP contribution in [-0.4, -0.2) is 55.8 Å². The number of carbonyl (C=O) groups excluding carboxylic acids is 1.